The van der Waals surface area contributed by atoms with E-state index < -0.39 is 0 Å². The zero-order valence-electron chi connectivity index (χ0n) is 12.1. The van der Waals surface area contributed by atoms with Gasteiger partial charge in [-0.25, -0.2) is 0 Å². The number of non-ortho nitro benzene ring substituents is 1. The van der Waals surface area contributed by atoms with Crippen molar-refractivity contribution in [2.75, 3.05) is 7.05 Å². The van der Waals surface area contributed by atoms with Gasteiger partial charge in [0.15, 0.2) is 0 Å². The second-order valence-corrected chi connectivity index (χ2v) is 7.07. The van der Waals surface area contributed by atoms with Crippen LogP contribution in [-0.2, 0) is 6.54 Å². The highest BCUT2D eigenvalue weighted by Gasteiger charge is 2.35. The number of hydrogen-bond acceptors (Lipinski definition) is 4. The smallest absolute Gasteiger partial charge is 0.270 e. The molecule has 5 nitrogen and oxygen atoms in total. The maximum absolute atomic E-state index is 10.8. The fourth-order valence-electron chi connectivity index (χ4n) is 3.56. The van der Waals surface area contributed by atoms with Crippen molar-refractivity contribution in [2.45, 2.75) is 50.4 Å². The Morgan fingerprint density at radius 2 is 2.05 bits per heavy atom. The van der Waals surface area contributed by atoms with Crippen LogP contribution in [0, 0.1) is 10.1 Å². The monoisotopic (exact) mass is 353 g/mol. The number of nitrogens with one attached hydrogen (secondary N) is 1. The van der Waals surface area contributed by atoms with Gasteiger partial charge in [-0.2, -0.15) is 0 Å². The van der Waals surface area contributed by atoms with Gasteiger partial charge in [0.05, 0.1) is 4.92 Å². The minimum absolute atomic E-state index is 0.133. The summed E-state index contributed by atoms with van der Waals surface area (Å²) >= 11 is 3.46. The Morgan fingerprint density at radius 1 is 1.38 bits per heavy atom. The van der Waals surface area contributed by atoms with Crippen molar-refractivity contribution in [3.05, 3.63) is 38.3 Å². The Hall–Kier alpha value is -0.980. The van der Waals surface area contributed by atoms with Crippen molar-refractivity contribution >= 4 is 21.6 Å². The summed E-state index contributed by atoms with van der Waals surface area (Å²) in [5.74, 6) is 0. The molecule has 1 N–H and O–H groups in total. The van der Waals surface area contributed by atoms with Gasteiger partial charge in [0.25, 0.3) is 5.69 Å². The van der Waals surface area contributed by atoms with Gasteiger partial charge < -0.3 is 5.32 Å². The molecule has 2 aliphatic heterocycles. The maximum Gasteiger partial charge on any atom is 0.270 e. The van der Waals surface area contributed by atoms with Crippen LogP contribution in [0.4, 0.5) is 5.69 Å². The first-order valence-electron chi connectivity index (χ1n) is 7.42. The number of fused-ring (bicyclic) bond motifs is 2. The highest BCUT2D eigenvalue weighted by atomic mass is 79.9. The number of nitro benzene ring substituents is 1. The normalized spacial score (nSPS) is 28.0. The predicted octanol–water partition coefficient (Wildman–Crippen LogP) is 3.07. The quantitative estimate of drug-likeness (QED) is 0.667. The summed E-state index contributed by atoms with van der Waals surface area (Å²) in [5, 5.41) is 14.4. The predicted molar refractivity (Wildman–Crippen MR) is 85.2 cm³/mol. The summed E-state index contributed by atoms with van der Waals surface area (Å²) in [6.45, 7) is 0.822. The van der Waals surface area contributed by atoms with E-state index >= 15 is 0 Å². The number of hydrogen-bond donors (Lipinski definition) is 1. The zero-order chi connectivity index (χ0) is 15.0. The van der Waals surface area contributed by atoms with E-state index in [0.717, 1.165) is 16.6 Å². The molecule has 2 bridgehead atoms. The molecule has 2 unspecified atom stereocenters. The number of nitrogens with zero attached hydrogens (tertiary/aromatic N) is 2. The van der Waals surface area contributed by atoms with Gasteiger partial charge >= 0.3 is 0 Å². The molecule has 6 heteroatoms. The van der Waals surface area contributed by atoms with Crippen molar-refractivity contribution in [2.24, 2.45) is 0 Å². The number of nitro groups is 1. The lowest BCUT2D eigenvalue weighted by Gasteiger charge is -2.35. The first kappa shape index (κ1) is 14.9. The largest absolute Gasteiger partial charge is 0.311 e. The zero-order valence-corrected chi connectivity index (χ0v) is 13.7. The number of rotatable bonds is 4. The number of piperidine rings is 1. The van der Waals surface area contributed by atoms with E-state index in [2.05, 4.69) is 33.2 Å². The minimum Gasteiger partial charge on any atom is -0.311 e. The molecular formula is C15H20BrN3O2. The van der Waals surface area contributed by atoms with E-state index in [4.69, 9.17) is 0 Å². The van der Waals surface area contributed by atoms with E-state index in [-0.39, 0.29) is 10.6 Å². The fourth-order valence-corrected chi connectivity index (χ4v) is 4.06. The first-order valence-corrected chi connectivity index (χ1v) is 8.21. The van der Waals surface area contributed by atoms with Crippen LogP contribution in [-0.4, -0.2) is 35.0 Å². The third-order valence-corrected chi connectivity index (χ3v) is 5.48. The summed E-state index contributed by atoms with van der Waals surface area (Å²) in [6.07, 6.45) is 5.02. The molecule has 0 saturated carbocycles. The van der Waals surface area contributed by atoms with E-state index in [1.165, 1.54) is 25.7 Å². The molecule has 0 radical (unpaired) electrons. The van der Waals surface area contributed by atoms with Crippen molar-refractivity contribution in [3.8, 4) is 0 Å². The van der Waals surface area contributed by atoms with Crippen LogP contribution >= 0.6 is 15.9 Å². The number of halogens is 1. The Kier molecular flexibility index (Phi) is 4.28. The minimum atomic E-state index is -0.358. The molecule has 21 heavy (non-hydrogen) atoms. The first-order chi connectivity index (χ1) is 10.0. The highest BCUT2D eigenvalue weighted by molar-refractivity contribution is 9.10. The van der Waals surface area contributed by atoms with E-state index in [9.17, 15) is 10.1 Å². The van der Waals surface area contributed by atoms with Gasteiger partial charge in [0.1, 0.15) is 0 Å². The molecule has 0 aromatic heterocycles. The molecule has 0 amide bonds. The van der Waals surface area contributed by atoms with Crippen molar-refractivity contribution in [1.82, 2.24) is 10.2 Å². The Bertz CT molecular complexity index is 540. The summed E-state index contributed by atoms with van der Waals surface area (Å²) in [7, 11) is 2.16. The summed E-state index contributed by atoms with van der Waals surface area (Å²) in [5.41, 5.74) is 1.24. The van der Waals surface area contributed by atoms with E-state index in [0.29, 0.717) is 18.1 Å². The van der Waals surface area contributed by atoms with Crippen LogP contribution in [0.5, 0.6) is 0 Å². The molecule has 1 aromatic rings. The molecule has 2 heterocycles. The third kappa shape index (κ3) is 3.27. The van der Waals surface area contributed by atoms with Gasteiger partial charge in [0.2, 0.25) is 0 Å². The molecule has 1 aromatic carbocycles. The Morgan fingerprint density at radius 3 is 2.62 bits per heavy atom. The molecule has 114 valence electrons. The Labute approximate surface area is 133 Å². The molecule has 0 spiro atoms. The lowest BCUT2D eigenvalue weighted by atomic mass is 9.98. The van der Waals surface area contributed by atoms with Crippen LogP contribution in [0.1, 0.15) is 31.2 Å². The number of benzene rings is 1. The van der Waals surface area contributed by atoms with E-state index in [1.54, 1.807) is 12.1 Å². The fraction of sp³-hybridized carbons (Fsp3) is 0.600. The highest BCUT2D eigenvalue weighted by Crippen LogP contribution is 2.31. The average Bonchev–Trinajstić information content (AvgIpc) is 2.79. The van der Waals surface area contributed by atoms with E-state index in [1.807, 2.05) is 6.07 Å². The van der Waals surface area contributed by atoms with Crippen LogP contribution in [0.15, 0.2) is 22.7 Å². The van der Waals surface area contributed by atoms with Gasteiger partial charge in [-0.05, 0) is 44.4 Å². The van der Waals surface area contributed by atoms with Gasteiger partial charge in [-0.3, -0.25) is 15.0 Å². The Balaban J connectivity index is 1.67. The van der Waals surface area contributed by atoms with Crippen molar-refractivity contribution in [3.63, 3.8) is 0 Å². The third-order valence-electron chi connectivity index (χ3n) is 4.74. The standard InChI is InChI=1S/C15H20BrN3O2/c1-18(14-6-11-3-4-12(7-14)17-11)9-10-2-5-13(19(20)21)8-15(10)16/h2,5,8,11-12,14,17H,3-4,6-7,9H2,1H3. The summed E-state index contributed by atoms with van der Waals surface area (Å²) in [4.78, 5) is 12.8. The topological polar surface area (TPSA) is 58.4 Å². The molecule has 2 fully saturated rings. The molecule has 2 aliphatic rings. The van der Waals surface area contributed by atoms with Crippen molar-refractivity contribution < 1.29 is 4.92 Å². The van der Waals surface area contributed by atoms with Crippen LogP contribution < -0.4 is 5.32 Å². The molecule has 0 aliphatic carbocycles. The molecule has 2 saturated heterocycles. The summed E-state index contributed by atoms with van der Waals surface area (Å²) in [6, 6.07) is 6.99. The van der Waals surface area contributed by atoms with Gasteiger partial charge in [-0.15, -0.1) is 0 Å². The maximum atomic E-state index is 10.8. The summed E-state index contributed by atoms with van der Waals surface area (Å²) < 4.78 is 0.820. The van der Waals surface area contributed by atoms with Crippen LogP contribution in [0.25, 0.3) is 0 Å². The molecule has 2 atom stereocenters. The average molecular weight is 354 g/mol. The second-order valence-electron chi connectivity index (χ2n) is 6.21. The van der Waals surface area contributed by atoms with Crippen LogP contribution in [0.3, 0.4) is 0 Å². The lowest BCUT2D eigenvalue weighted by Crippen LogP contribution is -2.46. The molecular weight excluding hydrogens is 334 g/mol. The molecule has 3 rings (SSSR count). The van der Waals surface area contributed by atoms with Crippen molar-refractivity contribution in [1.29, 1.82) is 0 Å². The van der Waals surface area contributed by atoms with Gasteiger partial charge in [-0.1, -0.05) is 15.9 Å². The van der Waals surface area contributed by atoms with Crippen LogP contribution in [0.2, 0.25) is 0 Å². The van der Waals surface area contributed by atoms with Gasteiger partial charge in [0, 0.05) is 41.3 Å². The lowest BCUT2D eigenvalue weighted by molar-refractivity contribution is -0.384. The SMILES string of the molecule is CN(Cc1ccc([N+](=O)[O-])cc1Br)C1CC2CCC(C1)N2. The second kappa shape index (κ2) is 6.02.